The summed E-state index contributed by atoms with van der Waals surface area (Å²) in [6, 6.07) is 7.96. The average molecular weight is 531 g/mol. The number of aromatic hydroxyl groups is 1. The Morgan fingerprint density at radius 2 is 1.87 bits per heavy atom. The van der Waals surface area contributed by atoms with E-state index in [1.807, 2.05) is 38.1 Å². The van der Waals surface area contributed by atoms with Gasteiger partial charge in [0.05, 0.1) is 13.7 Å². The molecule has 39 heavy (non-hydrogen) atoms. The zero-order valence-electron chi connectivity index (χ0n) is 24.0. The first-order valence-electron chi connectivity index (χ1n) is 13.9. The minimum absolute atomic E-state index is 0.205. The third kappa shape index (κ3) is 6.99. The van der Waals surface area contributed by atoms with Gasteiger partial charge in [-0.05, 0) is 92.3 Å². The lowest BCUT2D eigenvalue weighted by molar-refractivity contribution is -0.00708. The number of hydrogen-bond donors (Lipinski definition) is 1. The van der Waals surface area contributed by atoms with Gasteiger partial charge in [0.25, 0.3) is 0 Å². The molecule has 1 heterocycles. The maximum atomic E-state index is 10.9. The van der Waals surface area contributed by atoms with Gasteiger partial charge in [0, 0.05) is 11.5 Å². The van der Waals surface area contributed by atoms with Crippen LogP contribution in [0, 0.1) is 23.7 Å². The molecule has 2 aliphatic rings. The van der Waals surface area contributed by atoms with E-state index in [9.17, 15) is 5.11 Å². The highest BCUT2D eigenvalue weighted by Crippen LogP contribution is 2.50. The Morgan fingerprint density at radius 3 is 2.59 bits per heavy atom. The molecule has 1 N–H and O–H groups in total. The minimum Gasteiger partial charge on any atom is -0.507 e. The summed E-state index contributed by atoms with van der Waals surface area (Å²) in [5.41, 5.74) is 5.25. The molecule has 0 spiro atoms. The fourth-order valence-electron chi connectivity index (χ4n) is 5.72. The molecule has 0 amide bonds. The van der Waals surface area contributed by atoms with Crippen LogP contribution in [0.15, 0.2) is 35.9 Å². The van der Waals surface area contributed by atoms with Crippen LogP contribution in [-0.4, -0.2) is 38.1 Å². The number of phenolic OH excluding ortho intramolecular Hbond substituents is 1. The molecular formula is C34H42O5. The third-order valence-corrected chi connectivity index (χ3v) is 7.91. The van der Waals surface area contributed by atoms with Gasteiger partial charge in [-0.1, -0.05) is 43.6 Å². The molecule has 2 aromatic carbocycles. The molecule has 4 rings (SSSR count). The number of fused-ring (bicyclic) bond motifs is 2. The quantitative estimate of drug-likeness (QED) is 0.152. The Balaban J connectivity index is 1.60. The molecule has 0 bridgehead atoms. The fourth-order valence-corrected chi connectivity index (χ4v) is 5.72. The van der Waals surface area contributed by atoms with Gasteiger partial charge >= 0.3 is 0 Å². The van der Waals surface area contributed by atoms with Gasteiger partial charge in [-0.15, -0.1) is 6.42 Å². The molecule has 0 radical (unpaired) electrons. The molecule has 0 saturated heterocycles. The smallest absolute Gasteiger partial charge is 0.164 e. The zero-order chi connectivity index (χ0) is 28.0. The summed E-state index contributed by atoms with van der Waals surface area (Å²) < 4.78 is 23.7. The molecule has 1 aliphatic heterocycles. The lowest BCUT2D eigenvalue weighted by atomic mass is 9.64. The van der Waals surface area contributed by atoms with Gasteiger partial charge in [0.2, 0.25) is 0 Å². The number of ether oxygens (including phenoxy) is 4. The Kier molecular flexibility index (Phi) is 9.30. The topological polar surface area (TPSA) is 57.2 Å². The van der Waals surface area contributed by atoms with Crippen LogP contribution in [0.3, 0.4) is 0 Å². The second-order valence-electron chi connectivity index (χ2n) is 11.5. The monoisotopic (exact) mass is 530 g/mol. The van der Waals surface area contributed by atoms with Gasteiger partial charge in [-0.3, -0.25) is 0 Å². The van der Waals surface area contributed by atoms with Crippen molar-refractivity contribution in [2.24, 2.45) is 11.3 Å². The highest BCUT2D eigenvalue weighted by atomic mass is 16.5. The Hall–Kier alpha value is -3.36. The van der Waals surface area contributed by atoms with E-state index in [1.54, 1.807) is 13.2 Å². The molecule has 5 nitrogen and oxygen atoms in total. The molecule has 5 heteroatoms. The first-order valence-corrected chi connectivity index (χ1v) is 13.9. The van der Waals surface area contributed by atoms with E-state index in [4.69, 9.17) is 25.4 Å². The summed E-state index contributed by atoms with van der Waals surface area (Å²) in [6.07, 6.45) is 16.7. The Bertz CT molecular complexity index is 1260. The zero-order valence-corrected chi connectivity index (χ0v) is 24.0. The van der Waals surface area contributed by atoms with Crippen LogP contribution < -0.4 is 14.2 Å². The van der Waals surface area contributed by atoms with Crippen LogP contribution in [0.1, 0.15) is 69.2 Å². The second-order valence-corrected chi connectivity index (χ2v) is 11.5. The van der Waals surface area contributed by atoms with E-state index in [0.29, 0.717) is 31.3 Å². The maximum Gasteiger partial charge on any atom is 0.164 e. The summed E-state index contributed by atoms with van der Waals surface area (Å²) in [5, 5.41) is 10.9. The fraction of sp³-hybridized carbons (Fsp3) is 0.471. The van der Waals surface area contributed by atoms with Crippen LogP contribution in [0.5, 0.6) is 23.0 Å². The van der Waals surface area contributed by atoms with Gasteiger partial charge in [0.1, 0.15) is 30.8 Å². The average Bonchev–Trinajstić information content (AvgIpc) is 2.89. The number of methoxy groups -OCH3 is 1. The lowest BCUT2D eigenvalue weighted by Gasteiger charge is -2.47. The summed E-state index contributed by atoms with van der Waals surface area (Å²) >= 11 is 0. The molecule has 1 aliphatic carbocycles. The molecule has 2 unspecified atom stereocenters. The Labute approximate surface area is 233 Å². The standard InChI is InChI=1S/C34H42O5/c1-7-15-37-16-17-38-31-20-25(19-29(35)27(31)13-10-23(2)3)12-11-24-18-26-22-28-30(9-8-14-34(28,4)5)39-33(26)32(21-24)36-6/h1,10-12,18-21,28,30,35H,8-9,13-17,22H2,2-6H3/b12-11+. The first kappa shape index (κ1) is 28.6. The van der Waals surface area contributed by atoms with E-state index < -0.39 is 0 Å². The van der Waals surface area contributed by atoms with Crippen LogP contribution in [0.25, 0.3) is 12.2 Å². The van der Waals surface area contributed by atoms with E-state index in [-0.39, 0.29) is 23.9 Å². The van der Waals surface area contributed by atoms with Crippen LogP contribution in [0.2, 0.25) is 0 Å². The number of hydrogen-bond acceptors (Lipinski definition) is 5. The van der Waals surface area contributed by atoms with Crippen LogP contribution in [-0.2, 0) is 17.6 Å². The van der Waals surface area contributed by atoms with Crippen molar-refractivity contribution in [3.05, 3.63) is 58.2 Å². The predicted molar refractivity (Wildman–Crippen MR) is 158 cm³/mol. The maximum absolute atomic E-state index is 10.9. The highest BCUT2D eigenvalue weighted by molar-refractivity contribution is 5.74. The predicted octanol–water partition coefficient (Wildman–Crippen LogP) is 7.24. The van der Waals surface area contributed by atoms with Gasteiger partial charge in [-0.25, -0.2) is 0 Å². The van der Waals surface area contributed by atoms with Crippen molar-refractivity contribution in [3.8, 4) is 35.3 Å². The van der Waals surface area contributed by atoms with Crippen LogP contribution in [0.4, 0.5) is 0 Å². The van der Waals surface area contributed by atoms with Crippen molar-refractivity contribution in [1.29, 1.82) is 0 Å². The highest BCUT2D eigenvalue weighted by Gasteiger charge is 2.43. The summed E-state index contributed by atoms with van der Waals surface area (Å²) in [4.78, 5) is 0. The van der Waals surface area contributed by atoms with Gasteiger partial charge in [-0.2, -0.15) is 0 Å². The molecular weight excluding hydrogens is 488 g/mol. The summed E-state index contributed by atoms with van der Waals surface area (Å²) in [6.45, 7) is 9.78. The minimum atomic E-state index is 0.205. The SMILES string of the molecule is C#CCOCCOc1cc(/C=C/c2cc3c(c(OC)c2)OC2CCCC(C)(C)C2C3)cc(O)c1CC=C(C)C. The van der Waals surface area contributed by atoms with Crippen LogP contribution >= 0.6 is 0 Å². The van der Waals surface area contributed by atoms with Crippen molar-refractivity contribution < 1.29 is 24.1 Å². The van der Waals surface area contributed by atoms with Crippen molar-refractivity contribution >= 4 is 12.2 Å². The van der Waals surface area contributed by atoms with Crippen molar-refractivity contribution in [2.75, 3.05) is 26.9 Å². The number of allylic oxidation sites excluding steroid dienone is 2. The number of phenols is 1. The number of benzene rings is 2. The Morgan fingerprint density at radius 1 is 1.13 bits per heavy atom. The summed E-state index contributed by atoms with van der Waals surface area (Å²) in [5.74, 6) is 5.45. The molecule has 1 saturated carbocycles. The number of terminal acetylenes is 1. The normalized spacial score (nSPS) is 19.4. The van der Waals surface area contributed by atoms with Gasteiger partial charge < -0.3 is 24.1 Å². The van der Waals surface area contributed by atoms with Crippen molar-refractivity contribution in [2.45, 2.75) is 65.9 Å². The van der Waals surface area contributed by atoms with E-state index in [1.165, 1.54) is 24.0 Å². The lowest BCUT2D eigenvalue weighted by Crippen LogP contribution is -2.45. The first-order chi connectivity index (χ1) is 18.7. The molecule has 2 atom stereocenters. The van der Waals surface area contributed by atoms with E-state index >= 15 is 0 Å². The van der Waals surface area contributed by atoms with E-state index in [0.717, 1.165) is 41.0 Å². The molecule has 208 valence electrons. The molecule has 1 fully saturated rings. The van der Waals surface area contributed by atoms with Gasteiger partial charge in [0.15, 0.2) is 11.5 Å². The summed E-state index contributed by atoms with van der Waals surface area (Å²) in [7, 11) is 1.70. The number of rotatable bonds is 10. The molecule has 2 aromatic rings. The van der Waals surface area contributed by atoms with Crippen molar-refractivity contribution in [3.63, 3.8) is 0 Å². The van der Waals surface area contributed by atoms with Crippen molar-refractivity contribution in [1.82, 2.24) is 0 Å². The third-order valence-electron chi connectivity index (χ3n) is 7.91. The second kappa shape index (κ2) is 12.7. The largest absolute Gasteiger partial charge is 0.507 e. The van der Waals surface area contributed by atoms with E-state index in [2.05, 4.69) is 31.9 Å². The molecule has 0 aromatic heterocycles.